The topological polar surface area (TPSA) is 119 Å². The number of hydrogen-bond acceptors (Lipinski definition) is 6. The van der Waals surface area contributed by atoms with Gasteiger partial charge in [-0.3, -0.25) is 0 Å². The van der Waals surface area contributed by atoms with Crippen LogP contribution in [0.2, 0.25) is 0 Å². The Balaban J connectivity index is 2.46. The first-order valence-corrected chi connectivity index (χ1v) is 7.79. The third kappa shape index (κ3) is 3.04. The summed E-state index contributed by atoms with van der Waals surface area (Å²) in [6, 6.07) is 4.58. The van der Waals surface area contributed by atoms with Gasteiger partial charge in [0.25, 0.3) is 0 Å². The molecule has 0 saturated carbocycles. The molecule has 1 aromatic carbocycles. The number of anilines is 2. The number of sulfonamides is 1. The van der Waals surface area contributed by atoms with Crippen molar-refractivity contribution in [1.82, 2.24) is 0 Å². The van der Waals surface area contributed by atoms with Gasteiger partial charge in [-0.25, -0.2) is 13.6 Å². The molecule has 0 spiro atoms. The number of aliphatic hydroxyl groups is 1. The molecule has 2 unspecified atom stereocenters. The number of hydrogen-bond donors (Lipinski definition) is 3. The van der Waals surface area contributed by atoms with Crippen LogP contribution in [0.4, 0.5) is 11.4 Å². The standard InChI is InChI=1S/C12H19N3O4S/c1-8-7-19-10(6-16)5-15(8)11-3-2-9(13)4-12(11)20(14,17)18/h2-4,8,10,16H,5-7,13H2,1H3,(H2,14,17,18). The highest BCUT2D eigenvalue weighted by Gasteiger charge is 2.29. The zero-order valence-corrected chi connectivity index (χ0v) is 12.0. The predicted molar refractivity (Wildman–Crippen MR) is 75.9 cm³/mol. The largest absolute Gasteiger partial charge is 0.399 e. The van der Waals surface area contributed by atoms with Crippen molar-refractivity contribution >= 4 is 21.4 Å². The van der Waals surface area contributed by atoms with E-state index in [1.165, 1.54) is 6.07 Å². The van der Waals surface area contributed by atoms with Crippen LogP contribution in [-0.2, 0) is 14.8 Å². The van der Waals surface area contributed by atoms with E-state index < -0.39 is 10.0 Å². The van der Waals surface area contributed by atoms with Crippen LogP contribution in [0.3, 0.4) is 0 Å². The van der Waals surface area contributed by atoms with Crippen LogP contribution in [0.5, 0.6) is 0 Å². The van der Waals surface area contributed by atoms with Crippen LogP contribution in [0.15, 0.2) is 23.1 Å². The zero-order chi connectivity index (χ0) is 14.9. The SMILES string of the molecule is CC1COC(CO)CN1c1ccc(N)cc1S(N)(=O)=O. The highest BCUT2D eigenvalue weighted by molar-refractivity contribution is 7.89. The Morgan fingerprint density at radius 3 is 2.80 bits per heavy atom. The number of ether oxygens (including phenoxy) is 1. The van der Waals surface area contributed by atoms with Crippen molar-refractivity contribution in [3.05, 3.63) is 18.2 Å². The number of primary sulfonamides is 1. The Hall–Kier alpha value is -1.35. The second-order valence-electron chi connectivity index (χ2n) is 4.91. The summed E-state index contributed by atoms with van der Waals surface area (Å²) in [6.45, 7) is 2.59. The van der Waals surface area contributed by atoms with Gasteiger partial charge in [0, 0.05) is 18.3 Å². The van der Waals surface area contributed by atoms with Crippen LogP contribution >= 0.6 is 0 Å². The lowest BCUT2D eigenvalue weighted by molar-refractivity contribution is -0.0104. The van der Waals surface area contributed by atoms with E-state index in [0.717, 1.165) is 0 Å². The van der Waals surface area contributed by atoms with Crippen molar-refractivity contribution in [1.29, 1.82) is 0 Å². The van der Waals surface area contributed by atoms with Gasteiger partial charge < -0.3 is 20.5 Å². The fourth-order valence-electron chi connectivity index (χ4n) is 2.26. The lowest BCUT2D eigenvalue weighted by Crippen LogP contribution is -2.50. The van der Waals surface area contributed by atoms with E-state index in [-0.39, 0.29) is 23.6 Å². The molecular weight excluding hydrogens is 282 g/mol. The third-order valence-corrected chi connectivity index (χ3v) is 4.25. The summed E-state index contributed by atoms with van der Waals surface area (Å²) in [5.41, 5.74) is 6.45. The molecule has 0 amide bonds. The van der Waals surface area contributed by atoms with Gasteiger partial charge >= 0.3 is 0 Å². The van der Waals surface area contributed by atoms with E-state index in [1.54, 1.807) is 12.1 Å². The zero-order valence-electron chi connectivity index (χ0n) is 11.2. The lowest BCUT2D eigenvalue weighted by Gasteiger charge is -2.39. The molecule has 7 nitrogen and oxygen atoms in total. The van der Waals surface area contributed by atoms with Crippen LogP contribution in [0, 0.1) is 0 Å². The molecule has 0 radical (unpaired) electrons. The average Bonchev–Trinajstić information content (AvgIpc) is 2.38. The second kappa shape index (κ2) is 5.57. The van der Waals surface area contributed by atoms with E-state index in [2.05, 4.69) is 0 Å². The highest BCUT2D eigenvalue weighted by atomic mass is 32.2. The molecule has 2 atom stereocenters. The van der Waals surface area contributed by atoms with Gasteiger partial charge in [0.05, 0.1) is 25.0 Å². The van der Waals surface area contributed by atoms with Gasteiger partial charge in [-0.15, -0.1) is 0 Å². The summed E-state index contributed by atoms with van der Waals surface area (Å²) in [6.07, 6.45) is -0.350. The molecular formula is C12H19N3O4S. The maximum Gasteiger partial charge on any atom is 0.240 e. The van der Waals surface area contributed by atoms with E-state index in [1.807, 2.05) is 11.8 Å². The molecule has 1 saturated heterocycles. The third-order valence-electron chi connectivity index (χ3n) is 3.31. The summed E-state index contributed by atoms with van der Waals surface area (Å²) < 4.78 is 28.9. The minimum atomic E-state index is -3.88. The Labute approximate surface area is 118 Å². The van der Waals surface area contributed by atoms with Gasteiger partial charge in [-0.2, -0.15) is 0 Å². The molecule has 1 aromatic rings. The van der Waals surface area contributed by atoms with Crippen LogP contribution in [0.1, 0.15) is 6.92 Å². The molecule has 1 aliphatic heterocycles. The van der Waals surface area contributed by atoms with Gasteiger partial charge in [0.1, 0.15) is 4.90 Å². The fourth-order valence-corrected chi connectivity index (χ4v) is 3.04. The molecule has 1 fully saturated rings. The summed E-state index contributed by atoms with van der Waals surface area (Å²) in [5, 5.41) is 14.5. The van der Waals surface area contributed by atoms with Crippen molar-refractivity contribution in [3.63, 3.8) is 0 Å². The van der Waals surface area contributed by atoms with E-state index in [4.69, 9.17) is 15.6 Å². The first-order chi connectivity index (χ1) is 9.32. The molecule has 1 aliphatic rings. The molecule has 0 aliphatic carbocycles. The van der Waals surface area contributed by atoms with Crippen molar-refractivity contribution in [2.45, 2.75) is 24.0 Å². The number of benzene rings is 1. The minimum Gasteiger partial charge on any atom is -0.399 e. The fraction of sp³-hybridized carbons (Fsp3) is 0.500. The summed E-state index contributed by atoms with van der Waals surface area (Å²) in [5.74, 6) is 0. The smallest absolute Gasteiger partial charge is 0.240 e. The summed E-state index contributed by atoms with van der Waals surface area (Å²) in [4.78, 5) is 1.85. The van der Waals surface area contributed by atoms with E-state index >= 15 is 0 Å². The molecule has 8 heteroatoms. The van der Waals surface area contributed by atoms with Gasteiger partial charge in [0.15, 0.2) is 0 Å². The first kappa shape index (κ1) is 15.0. The molecule has 5 N–H and O–H groups in total. The lowest BCUT2D eigenvalue weighted by atomic mass is 10.1. The summed E-state index contributed by atoms with van der Waals surface area (Å²) >= 11 is 0. The molecule has 1 heterocycles. The van der Waals surface area contributed by atoms with Crippen LogP contribution in [-0.4, -0.2) is 45.4 Å². The maximum atomic E-state index is 11.7. The Kier molecular flexibility index (Phi) is 4.19. The van der Waals surface area contributed by atoms with Crippen molar-refractivity contribution < 1.29 is 18.3 Å². The minimum absolute atomic E-state index is 0.0112. The number of morpholine rings is 1. The van der Waals surface area contributed by atoms with Crippen LogP contribution < -0.4 is 15.8 Å². The molecule has 112 valence electrons. The quantitative estimate of drug-likeness (QED) is 0.648. The molecule has 2 rings (SSSR count). The molecule has 0 aromatic heterocycles. The van der Waals surface area contributed by atoms with E-state index in [0.29, 0.717) is 24.5 Å². The highest BCUT2D eigenvalue weighted by Crippen LogP contribution is 2.30. The van der Waals surface area contributed by atoms with Crippen molar-refractivity contribution in [2.24, 2.45) is 5.14 Å². The Bertz CT molecular complexity index is 590. The molecule has 20 heavy (non-hydrogen) atoms. The van der Waals surface area contributed by atoms with Gasteiger partial charge in [0.2, 0.25) is 10.0 Å². The molecule has 0 bridgehead atoms. The normalized spacial score (nSPS) is 23.9. The number of nitrogen functional groups attached to an aromatic ring is 1. The number of aliphatic hydroxyl groups excluding tert-OH is 1. The van der Waals surface area contributed by atoms with Gasteiger partial charge in [-0.1, -0.05) is 0 Å². The van der Waals surface area contributed by atoms with Crippen molar-refractivity contribution in [3.8, 4) is 0 Å². The van der Waals surface area contributed by atoms with E-state index in [9.17, 15) is 13.5 Å². The Morgan fingerprint density at radius 1 is 1.50 bits per heavy atom. The average molecular weight is 301 g/mol. The van der Waals surface area contributed by atoms with Gasteiger partial charge in [-0.05, 0) is 25.1 Å². The maximum absolute atomic E-state index is 11.7. The number of nitrogens with zero attached hydrogens (tertiary/aromatic N) is 1. The second-order valence-corrected chi connectivity index (χ2v) is 6.44. The first-order valence-electron chi connectivity index (χ1n) is 6.24. The predicted octanol–water partition coefficient (Wildman–Crippen LogP) is -0.498. The monoisotopic (exact) mass is 301 g/mol. The summed E-state index contributed by atoms with van der Waals surface area (Å²) in [7, 11) is -3.88. The van der Waals surface area contributed by atoms with Crippen LogP contribution in [0.25, 0.3) is 0 Å². The Morgan fingerprint density at radius 2 is 2.20 bits per heavy atom. The number of nitrogens with two attached hydrogens (primary N) is 2. The number of rotatable bonds is 3. The van der Waals surface area contributed by atoms with Crippen molar-refractivity contribution in [2.75, 3.05) is 30.4 Å².